The first-order valence-corrected chi connectivity index (χ1v) is 11.6. The van der Waals surface area contributed by atoms with Gasteiger partial charge in [0.1, 0.15) is 5.75 Å². The summed E-state index contributed by atoms with van der Waals surface area (Å²) in [4.78, 5) is 38.5. The molecular weight excluding hydrogens is 535 g/mol. The first-order chi connectivity index (χ1) is 16.9. The van der Waals surface area contributed by atoms with Crippen molar-refractivity contribution < 1.29 is 54.4 Å². The van der Waals surface area contributed by atoms with Crippen LogP contribution in [-0.4, -0.2) is 47.6 Å². The lowest BCUT2D eigenvalue weighted by atomic mass is 9.91. The predicted octanol–water partition coefficient (Wildman–Crippen LogP) is 5.39. The van der Waals surface area contributed by atoms with E-state index in [2.05, 4.69) is 4.74 Å². The fourth-order valence-electron chi connectivity index (χ4n) is 3.40. The van der Waals surface area contributed by atoms with E-state index in [1.165, 1.54) is 18.2 Å². The molecule has 2 aromatic rings. The molecule has 0 radical (unpaired) electrons. The monoisotopic (exact) mass is 555 g/mol. The molecule has 0 spiro atoms. The van der Waals surface area contributed by atoms with Crippen LogP contribution in [0.3, 0.4) is 0 Å². The molecule has 0 aliphatic heterocycles. The van der Waals surface area contributed by atoms with Crippen molar-refractivity contribution in [2.75, 3.05) is 17.8 Å². The van der Waals surface area contributed by atoms with E-state index in [9.17, 15) is 49.7 Å². The molecule has 2 amide bonds. The summed E-state index contributed by atoms with van der Waals surface area (Å²) in [7, 11) is 0.734. The molecule has 0 aliphatic rings. The van der Waals surface area contributed by atoms with Crippen molar-refractivity contribution >= 4 is 34.6 Å². The average Bonchev–Trinajstić information content (AvgIpc) is 2.80. The van der Waals surface area contributed by atoms with Gasteiger partial charge in [0.2, 0.25) is 5.91 Å². The van der Waals surface area contributed by atoms with E-state index in [0.717, 1.165) is 14.0 Å². The van der Waals surface area contributed by atoms with E-state index in [1.54, 1.807) is 13.8 Å². The van der Waals surface area contributed by atoms with Crippen molar-refractivity contribution in [3.63, 3.8) is 0 Å². The summed E-state index contributed by atoms with van der Waals surface area (Å²) in [5.74, 6) is -3.77. The minimum atomic E-state index is -6.47. The summed E-state index contributed by atoms with van der Waals surface area (Å²) in [5.41, 5.74) is -9.46. The van der Waals surface area contributed by atoms with E-state index in [-0.39, 0.29) is 33.2 Å². The highest BCUT2D eigenvalue weighted by atomic mass is 32.2. The number of hydrogen-bond acceptors (Lipinski definition) is 5. The molecule has 0 aliphatic carbocycles. The van der Waals surface area contributed by atoms with E-state index in [0.29, 0.717) is 11.6 Å². The van der Waals surface area contributed by atoms with Crippen LogP contribution in [0.4, 0.5) is 36.4 Å². The van der Waals surface area contributed by atoms with Gasteiger partial charge < -0.3 is 9.29 Å². The smallest absolute Gasteiger partial charge is 0.435 e. The molecule has 0 fully saturated rings. The molecule has 14 heteroatoms. The number of esters is 1. The lowest BCUT2D eigenvalue weighted by Gasteiger charge is -2.31. The van der Waals surface area contributed by atoms with Crippen molar-refractivity contribution in [3.8, 4) is 0 Å². The number of amides is 2. The number of carbonyl (C=O) groups is 3. The third-order valence-corrected chi connectivity index (χ3v) is 6.57. The number of benzene rings is 2. The molecule has 0 aromatic heterocycles. The van der Waals surface area contributed by atoms with Crippen LogP contribution in [0.15, 0.2) is 41.3 Å². The van der Waals surface area contributed by atoms with Gasteiger partial charge in [-0.1, -0.05) is 12.1 Å². The van der Waals surface area contributed by atoms with Crippen molar-refractivity contribution in [2.24, 2.45) is 0 Å². The summed E-state index contributed by atoms with van der Waals surface area (Å²) in [5, 5.41) is 0. The number of ether oxygens (including phenoxy) is 1. The SMILES string of the molecule is CC[S+]([O-])c1cc(C)ccc1C(=O)N(C(C)=O)c1ccc(C(F)(C(F)(F)F)C(F)(F)F)cc1C(=O)OC. The second-order valence-electron chi connectivity index (χ2n) is 7.67. The van der Waals surface area contributed by atoms with Gasteiger partial charge in [-0.25, -0.2) is 14.1 Å². The molecule has 0 bridgehead atoms. The minimum Gasteiger partial charge on any atom is -0.611 e. The number of anilines is 1. The Bertz CT molecular complexity index is 1200. The van der Waals surface area contributed by atoms with Gasteiger partial charge >= 0.3 is 24.0 Å². The maximum Gasteiger partial charge on any atom is 0.435 e. The Hall–Kier alpha value is -3.13. The molecule has 2 rings (SSSR count). The van der Waals surface area contributed by atoms with Gasteiger partial charge in [-0.2, -0.15) is 26.3 Å². The highest BCUT2D eigenvalue weighted by molar-refractivity contribution is 7.91. The van der Waals surface area contributed by atoms with Gasteiger partial charge in [0.25, 0.3) is 5.91 Å². The third kappa shape index (κ3) is 5.59. The zero-order valence-corrected chi connectivity index (χ0v) is 20.5. The molecule has 6 nitrogen and oxygen atoms in total. The predicted molar refractivity (Wildman–Crippen MR) is 118 cm³/mol. The molecule has 0 saturated carbocycles. The van der Waals surface area contributed by atoms with Crippen molar-refractivity contribution in [1.29, 1.82) is 0 Å². The number of carbonyl (C=O) groups excluding carboxylic acids is 3. The molecular formula is C23H20F7NO5S. The largest absolute Gasteiger partial charge is 0.611 e. The Morgan fingerprint density at radius 3 is 1.97 bits per heavy atom. The zero-order chi connectivity index (χ0) is 28.5. The highest BCUT2D eigenvalue weighted by Crippen LogP contribution is 2.53. The molecule has 0 N–H and O–H groups in total. The number of methoxy groups -OCH3 is 1. The van der Waals surface area contributed by atoms with Crippen LogP contribution < -0.4 is 4.90 Å². The van der Waals surface area contributed by atoms with Crippen LogP contribution >= 0.6 is 0 Å². The Balaban J connectivity index is 2.84. The normalized spacial score (nSPS) is 13.2. The summed E-state index contributed by atoms with van der Waals surface area (Å²) < 4.78 is 111. The molecule has 202 valence electrons. The van der Waals surface area contributed by atoms with Crippen molar-refractivity contribution in [1.82, 2.24) is 0 Å². The van der Waals surface area contributed by atoms with Gasteiger partial charge in [0.05, 0.1) is 23.9 Å². The molecule has 1 atom stereocenters. The number of hydrogen-bond donors (Lipinski definition) is 0. The van der Waals surface area contributed by atoms with Gasteiger partial charge in [0, 0.05) is 12.5 Å². The number of halogens is 7. The highest BCUT2D eigenvalue weighted by Gasteiger charge is 2.73. The second-order valence-corrected chi connectivity index (χ2v) is 9.38. The Labute approximate surface area is 209 Å². The molecule has 1 unspecified atom stereocenters. The lowest BCUT2D eigenvalue weighted by molar-refractivity contribution is -0.348. The van der Waals surface area contributed by atoms with Gasteiger partial charge in [-0.05, 0) is 54.9 Å². The number of aryl methyl sites for hydroxylation is 1. The minimum absolute atomic E-state index is 0.00639. The Morgan fingerprint density at radius 2 is 1.51 bits per heavy atom. The van der Waals surface area contributed by atoms with E-state index < -0.39 is 63.8 Å². The van der Waals surface area contributed by atoms with E-state index in [4.69, 9.17) is 0 Å². The van der Waals surface area contributed by atoms with Crippen LogP contribution in [0, 0.1) is 6.92 Å². The summed E-state index contributed by atoms with van der Waals surface area (Å²) in [6, 6.07) is 4.45. The number of alkyl halides is 7. The Kier molecular flexibility index (Phi) is 8.70. The maximum absolute atomic E-state index is 14.6. The topological polar surface area (TPSA) is 86.7 Å². The molecule has 37 heavy (non-hydrogen) atoms. The van der Waals surface area contributed by atoms with Gasteiger partial charge in [0.15, 0.2) is 4.90 Å². The lowest BCUT2D eigenvalue weighted by Crippen LogP contribution is -2.50. The standard InChI is InChI=1S/C23H20F7NO5S/c1-5-37(35)18-10-12(2)6-8-15(18)19(33)31(13(3)32)17-9-7-14(11-16(17)20(34)36-4)21(24,22(25,26)27)23(28,29)30/h6-11H,5H2,1-4H3. The quantitative estimate of drug-likeness (QED) is 0.271. The number of imide groups is 1. The summed E-state index contributed by atoms with van der Waals surface area (Å²) in [6.07, 6.45) is -12.9. The third-order valence-electron chi connectivity index (χ3n) is 5.21. The molecule has 2 aromatic carbocycles. The fraction of sp³-hybridized carbons (Fsp3) is 0.348. The maximum atomic E-state index is 14.6. The van der Waals surface area contributed by atoms with Crippen LogP contribution in [-0.2, 0) is 26.4 Å². The van der Waals surface area contributed by atoms with E-state index >= 15 is 0 Å². The second kappa shape index (κ2) is 10.7. The first kappa shape index (κ1) is 30.1. The van der Waals surface area contributed by atoms with Crippen LogP contribution in [0.5, 0.6) is 0 Å². The molecule has 0 saturated heterocycles. The van der Waals surface area contributed by atoms with Crippen LogP contribution in [0.1, 0.15) is 45.7 Å². The fourth-order valence-corrected chi connectivity index (χ4v) is 4.43. The number of nitrogens with zero attached hydrogens (tertiary/aromatic N) is 1. The van der Waals surface area contributed by atoms with Gasteiger partial charge in [-0.15, -0.1) is 0 Å². The van der Waals surface area contributed by atoms with Gasteiger partial charge in [-0.3, -0.25) is 9.59 Å². The van der Waals surface area contributed by atoms with Crippen LogP contribution in [0.25, 0.3) is 0 Å². The zero-order valence-electron chi connectivity index (χ0n) is 19.7. The summed E-state index contributed by atoms with van der Waals surface area (Å²) in [6.45, 7) is 4.02. The average molecular weight is 555 g/mol. The number of rotatable bonds is 6. The van der Waals surface area contributed by atoms with Crippen molar-refractivity contribution in [2.45, 2.75) is 43.7 Å². The van der Waals surface area contributed by atoms with Crippen LogP contribution in [0.2, 0.25) is 0 Å². The molecule has 0 heterocycles. The summed E-state index contributed by atoms with van der Waals surface area (Å²) >= 11 is -1.72. The van der Waals surface area contributed by atoms with Crippen molar-refractivity contribution in [3.05, 3.63) is 58.7 Å². The van der Waals surface area contributed by atoms with E-state index in [1.807, 2.05) is 0 Å². The Morgan fingerprint density at radius 1 is 0.946 bits per heavy atom. The first-order valence-electron chi connectivity index (χ1n) is 10.3.